The number of carbonyl (C=O) groups is 1. The summed E-state index contributed by atoms with van der Waals surface area (Å²) in [6.07, 6.45) is 1.40. The van der Waals surface area contributed by atoms with Crippen LogP contribution in [0, 0.1) is 28.4 Å². The Hall–Kier alpha value is -3.38. The molecule has 0 saturated heterocycles. The number of benzene rings is 2. The number of nitro groups is 1. The zero-order valence-electron chi connectivity index (χ0n) is 15.3. The molecule has 1 N–H and O–H groups in total. The molecule has 0 aliphatic heterocycles. The number of ether oxygens (including phenoxy) is 2. The summed E-state index contributed by atoms with van der Waals surface area (Å²) in [6, 6.07) is 9.20. The summed E-state index contributed by atoms with van der Waals surface area (Å²) in [5.74, 6) is 0.304. The number of aryl methyl sites for hydroxylation is 1. The van der Waals surface area contributed by atoms with Crippen LogP contribution in [0.2, 0.25) is 0 Å². The average molecular weight is 446 g/mol. The summed E-state index contributed by atoms with van der Waals surface area (Å²) in [4.78, 5) is 22.8. The predicted octanol–water partition coefficient (Wildman–Crippen LogP) is 4.23. The van der Waals surface area contributed by atoms with Crippen molar-refractivity contribution in [3.63, 3.8) is 0 Å². The molecule has 9 heteroatoms. The first-order valence-electron chi connectivity index (χ1n) is 7.90. The van der Waals surface area contributed by atoms with E-state index in [4.69, 9.17) is 9.47 Å². The Labute approximate surface area is 169 Å². The quantitative estimate of drug-likeness (QED) is 0.308. The molecular formula is C19H16BrN3O5. The molecule has 2 aromatic carbocycles. The van der Waals surface area contributed by atoms with Gasteiger partial charge < -0.3 is 14.8 Å². The zero-order valence-corrected chi connectivity index (χ0v) is 16.9. The molecule has 28 heavy (non-hydrogen) atoms. The lowest BCUT2D eigenvalue weighted by molar-refractivity contribution is -0.384. The molecule has 0 bridgehead atoms. The summed E-state index contributed by atoms with van der Waals surface area (Å²) in [7, 11) is 2.98. The molecule has 0 spiro atoms. The topological polar surface area (TPSA) is 114 Å². The van der Waals surface area contributed by atoms with Gasteiger partial charge in [-0.15, -0.1) is 0 Å². The van der Waals surface area contributed by atoms with Crippen molar-refractivity contribution in [2.75, 3.05) is 19.5 Å². The van der Waals surface area contributed by atoms with Crippen LogP contribution in [0.5, 0.6) is 11.5 Å². The number of methoxy groups -OCH3 is 2. The number of nitro benzene ring substituents is 1. The van der Waals surface area contributed by atoms with Gasteiger partial charge in [-0.2, -0.15) is 5.26 Å². The van der Waals surface area contributed by atoms with E-state index in [0.717, 1.165) is 0 Å². The van der Waals surface area contributed by atoms with Gasteiger partial charge in [0.1, 0.15) is 11.6 Å². The standard InChI is InChI=1S/C19H16BrN3O5/c1-11-6-14(23(25)26)4-5-16(11)22-19(24)13(10-21)7-12-8-17(27-2)18(28-3)9-15(12)20/h4-9H,1-3H3,(H,22,24). The van der Waals surface area contributed by atoms with Gasteiger partial charge in [0.25, 0.3) is 11.6 Å². The average Bonchev–Trinajstić information content (AvgIpc) is 2.67. The van der Waals surface area contributed by atoms with Crippen molar-refractivity contribution in [2.45, 2.75) is 6.92 Å². The maximum atomic E-state index is 12.5. The highest BCUT2D eigenvalue weighted by Gasteiger charge is 2.15. The van der Waals surface area contributed by atoms with Crippen molar-refractivity contribution >= 4 is 39.3 Å². The number of hydrogen-bond donors (Lipinski definition) is 1. The second-order valence-electron chi connectivity index (χ2n) is 5.61. The molecule has 0 saturated carbocycles. The molecule has 0 aliphatic carbocycles. The monoisotopic (exact) mass is 445 g/mol. The van der Waals surface area contributed by atoms with E-state index in [9.17, 15) is 20.2 Å². The Morgan fingerprint density at radius 3 is 2.43 bits per heavy atom. The Morgan fingerprint density at radius 2 is 1.89 bits per heavy atom. The molecule has 0 radical (unpaired) electrons. The summed E-state index contributed by atoms with van der Waals surface area (Å²) in [5, 5.41) is 22.8. The van der Waals surface area contributed by atoms with E-state index in [2.05, 4.69) is 21.2 Å². The van der Waals surface area contributed by atoms with Gasteiger partial charge in [-0.25, -0.2) is 0 Å². The predicted molar refractivity (Wildman–Crippen MR) is 107 cm³/mol. The number of rotatable bonds is 6. The van der Waals surface area contributed by atoms with E-state index in [1.165, 1.54) is 38.5 Å². The summed E-state index contributed by atoms with van der Waals surface area (Å²) >= 11 is 3.37. The lowest BCUT2D eigenvalue weighted by atomic mass is 10.1. The van der Waals surface area contributed by atoms with E-state index in [1.807, 2.05) is 6.07 Å². The van der Waals surface area contributed by atoms with Crippen LogP contribution in [0.1, 0.15) is 11.1 Å². The molecule has 0 unspecified atom stereocenters. The Morgan fingerprint density at radius 1 is 1.25 bits per heavy atom. The van der Waals surface area contributed by atoms with Crippen LogP contribution < -0.4 is 14.8 Å². The van der Waals surface area contributed by atoms with E-state index in [-0.39, 0.29) is 11.3 Å². The molecule has 2 rings (SSSR count). The number of halogens is 1. The van der Waals surface area contributed by atoms with Crippen molar-refractivity contribution in [2.24, 2.45) is 0 Å². The number of carbonyl (C=O) groups excluding carboxylic acids is 1. The normalized spacial score (nSPS) is 10.8. The molecule has 144 valence electrons. The molecule has 0 aromatic heterocycles. The maximum Gasteiger partial charge on any atom is 0.269 e. The fraction of sp³-hybridized carbons (Fsp3) is 0.158. The number of non-ortho nitro benzene ring substituents is 1. The molecular weight excluding hydrogens is 430 g/mol. The van der Waals surface area contributed by atoms with Crippen LogP contribution in [0.4, 0.5) is 11.4 Å². The van der Waals surface area contributed by atoms with Crippen molar-refractivity contribution in [1.82, 2.24) is 0 Å². The number of nitrogens with zero attached hydrogens (tertiary/aromatic N) is 2. The van der Waals surface area contributed by atoms with Crippen LogP contribution in [-0.4, -0.2) is 25.1 Å². The Bertz CT molecular complexity index is 1010. The van der Waals surface area contributed by atoms with E-state index in [0.29, 0.717) is 32.8 Å². The lowest BCUT2D eigenvalue weighted by Crippen LogP contribution is -2.14. The van der Waals surface area contributed by atoms with Crippen LogP contribution in [0.3, 0.4) is 0 Å². The van der Waals surface area contributed by atoms with Crippen molar-refractivity contribution in [3.05, 3.63) is 61.6 Å². The summed E-state index contributed by atoms with van der Waals surface area (Å²) in [5.41, 5.74) is 1.20. The third-order valence-corrected chi connectivity index (χ3v) is 4.52. The van der Waals surface area contributed by atoms with Gasteiger partial charge in [-0.05, 0) is 42.3 Å². The van der Waals surface area contributed by atoms with Gasteiger partial charge in [0.2, 0.25) is 0 Å². The van der Waals surface area contributed by atoms with E-state index < -0.39 is 10.8 Å². The highest BCUT2D eigenvalue weighted by molar-refractivity contribution is 9.10. The largest absolute Gasteiger partial charge is 0.493 e. The van der Waals surface area contributed by atoms with Crippen LogP contribution in [0.15, 0.2) is 40.4 Å². The number of nitrogens with one attached hydrogen (secondary N) is 1. The molecule has 0 aliphatic rings. The first-order valence-corrected chi connectivity index (χ1v) is 8.69. The van der Waals surface area contributed by atoms with Gasteiger partial charge in [-0.1, -0.05) is 15.9 Å². The van der Waals surface area contributed by atoms with Crippen molar-refractivity contribution in [1.29, 1.82) is 5.26 Å². The van der Waals surface area contributed by atoms with Crippen molar-refractivity contribution in [3.8, 4) is 17.6 Å². The van der Waals surface area contributed by atoms with Gasteiger partial charge >= 0.3 is 0 Å². The third kappa shape index (κ3) is 4.66. The Kier molecular flexibility index (Phi) is 6.74. The maximum absolute atomic E-state index is 12.5. The lowest BCUT2D eigenvalue weighted by Gasteiger charge is -2.11. The number of anilines is 1. The number of hydrogen-bond acceptors (Lipinski definition) is 6. The zero-order chi connectivity index (χ0) is 20.8. The van der Waals surface area contributed by atoms with E-state index >= 15 is 0 Å². The molecule has 0 atom stereocenters. The van der Waals surface area contributed by atoms with Crippen LogP contribution >= 0.6 is 15.9 Å². The second-order valence-corrected chi connectivity index (χ2v) is 6.46. The van der Waals surface area contributed by atoms with Crippen molar-refractivity contribution < 1.29 is 19.2 Å². The fourth-order valence-electron chi connectivity index (χ4n) is 2.38. The first kappa shape index (κ1) is 20.9. The van der Waals surface area contributed by atoms with E-state index in [1.54, 1.807) is 19.1 Å². The second kappa shape index (κ2) is 9.01. The molecule has 2 aromatic rings. The minimum atomic E-state index is -0.638. The molecule has 8 nitrogen and oxygen atoms in total. The highest BCUT2D eigenvalue weighted by atomic mass is 79.9. The minimum absolute atomic E-state index is 0.0826. The minimum Gasteiger partial charge on any atom is -0.493 e. The smallest absolute Gasteiger partial charge is 0.269 e. The first-order chi connectivity index (χ1) is 13.3. The number of amides is 1. The summed E-state index contributed by atoms with van der Waals surface area (Å²) < 4.78 is 11.0. The van der Waals surface area contributed by atoms with Gasteiger partial charge in [-0.3, -0.25) is 14.9 Å². The molecule has 0 fully saturated rings. The SMILES string of the molecule is COc1cc(Br)c(C=C(C#N)C(=O)Nc2ccc([N+](=O)[O-])cc2C)cc1OC. The van der Waals surface area contributed by atoms with Gasteiger partial charge in [0.05, 0.1) is 19.1 Å². The number of nitriles is 1. The third-order valence-electron chi connectivity index (χ3n) is 3.84. The fourth-order valence-corrected chi connectivity index (χ4v) is 2.81. The van der Waals surface area contributed by atoms with Crippen LogP contribution in [0.25, 0.3) is 6.08 Å². The molecule has 0 heterocycles. The Balaban J connectivity index is 2.34. The van der Waals surface area contributed by atoms with Gasteiger partial charge in [0, 0.05) is 22.3 Å². The highest BCUT2D eigenvalue weighted by Crippen LogP contribution is 2.34. The summed E-state index contributed by atoms with van der Waals surface area (Å²) in [6.45, 7) is 1.63. The van der Waals surface area contributed by atoms with Gasteiger partial charge in [0.15, 0.2) is 11.5 Å². The molecule has 1 amide bonds. The van der Waals surface area contributed by atoms with Crippen LogP contribution in [-0.2, 0) is 4.79 Å².